The predicted molar refractivity (Wildman–Crippen MR) is 42.9 cm³/mol. The van der Waals surface area contributed by atoms with Crippen molar-refractivity contribution in [3.63, 3.8) is 0 Å². The van der Waals surface area contributed by atoms with Crippen molar-refractivity contribution in [3.8, 4) is 0 Å². The highest BCUT2D eigenvalue weighted by Gasteiger charge is 2.35. The normalized spacial score (nSPS) is 22.7. The van der Waals surface area contributed by atoms with Crippen molar-refractivity contribution in [3.05, 3.63) is 0 Å². The van der Waals surface area contributed by atoms with Gasteiger partial charge in [-0.15, -0.1) is 12.4 Å². The molecule has 0 aliphatic heterocycles. The number of nitrogens with two attached hydrogens (primary N) is 1. The monoisotopic (exact) mass is 149 g/mol. The van der Waals surface area contributed by atoms with E-state index >= 15 is 0 Å². The molecule has 0 radical (unpaired) electrons. The molecule has 0 unspecified atom stereocenters. The van der Waals surface area contributed by atoms with Crippen molar-refractivity contribution in [2.24, 2.45) is 11.7 Å². The topological polar surface area (TPSA) is 26.0 Å². The molecule has 0 aromatic carbocycles. The molecule has 2 N–H and O–H groups in total. The van der Waals surface area contributed by atoms with E-state index in [1.165, 1.54) is 19.3 Å². The molecule has 1 nitrogen and oxygen atoms in total. The van der Waals surface area contributed by atoms with Crippen molar-refractivity contribution in [1.29, 1.82) is 0 Å². The Bertz CT molecular complexity index is 86.9. The van der Waals surface area contributed by atoms with Gasteiger partial charge in [-0.05, 0) is 25.2 Å². The Morgan fingerprint density at radius 3 is 1.78 bits per heavy atom. The van der Waals surface area contributed by atoms with E-state index in [4.69, 9.17) is 5.73 Å². The molecule has 0 atom stereocenters. The van der Waals surface area contributed by atoms with Gasteiger partial charge in [0.2, 0.25) is 0 Å². The minimum Gasteiger partial charge on any atom is -0.325 e. The zero-order chi connectivity index (χ0) is 6.20. The van der Waals surface area contributed by atoms with Crippen molar-refractivity contribution in [2.45, 2.75) is 38.6 Å². The first-order valence-corrected chi connectivity index (χ1v) is 3.44. The molecule has 1 rings (SSSR count). The first-order chi connectivity index (χ1) is 3.65. The third kappa shape index (κ3) is 1.59. The molecule has 0 heterocycles. The summed E-state index contributed by atoms with van der Waals surface area (Å²) in [5, 5.41) is 0. The lowest BCUT2D eigenvalue weighted by Crippen LogP contribution is -2.50. The Kier molecular flexibility index (Phi) is 2.97. The average molecular weight is 150 g/mol. The smallest absolute Gasteiger partial charge is 0.0177 e. The molecule has 1 saturated carbocycles. The van der Waals surface area contributed by atoms with Gasteiger partial charge in [-0.3, -0.25) is 0 Å². The summed E-state index contributed by atoms with van der Waals surface area (Å²) in [5.74, 6) is 0.677. The molecule has 1 fully saturated rings. The van der Waals surface area contributed by atoms with E-state index in [2.05, 4.69) is 13.8 Å². The van der Waals surface area contributed by atoms with Gasteiger partial charge in [0.25, 0.3) is 0 Å². The van der Waals surface area contributed by atoms with Crippen LogP contribution in [0.2, 0.25) is 0 Å². The highest BCUT2D eigenvalue weighted by Crippen LogP contribution is 2.35. The molecule has 1 aliphatic rings. The summed E-state index contributed by atoms with van der Waals surface area (Å²) in [6.45, 7) is 4.42. The van der Waals surface area contributed by atoms with E-state index in [-0.39, 0.29) is 17.9 Å². The maximum atomic E-state index is 5.95. The highest BCUT2D eigenvalue weighted by molar-refractivity contribution is 5.85. The maximum absolute atomic E-state index is 5.95. The van der Waals surface area contributed by atoms with Gasteiger partial charge in [-0.25, -0.2) is 0 Å². The van der Waals surface area contributed by atoms with Gasteiger partial charge in [0.15, 0.2) is 0 Å². The van der Waals surface area contributed by atoms with Crippen LogP contribution < -0.4 is 5.73 Å². The van der Waals surface area contributed by atoms with Crippen LogP contribution in [0.4, 0.5) is 0 Å². The fraction of sp³-hybridized carbons (Fsp3) is 1.00. The summed E-state index contributed by atoms with van der Waals surface area (Å²) in [6.07, 6.45) is 3.82. The minimum absolute atomic E-state index is 0. The van der Waals surface area contributed by atoms with Gasteiger partial charge in [0.1, 0.15) is 0 Å². The molecule has 0 saturated heterocycles. The molecule has 9 heavy (non-hydrogen) atoms. The highest BCUT2D eigenvalue weighted by atomic mass is 35.5. The van der Waals surface area contributed by atoms with E-state index in [1.54, 1.807) is 0 Å². The van der Waals surface area contributed by atoms with Crippen molar-refractivity contribution < 1.29 is 0 Å². The van der Waals surface area contributed by atoms with Crippen LogP contribution in [0, 0.1) is 5.92 Å². The number of hydrogen-bond acceptors (Lipinski definition) is 1. The summed E-state index contributed by atoms with van der Waals surface area (Å²) in [5.41, 5.74) is 6.17. The van der Waals surface area contributed by atoms with Crippen LogP contribution >= 0.6 is 12.4 Å². The minimum atomic E-state index is 0. The summed E-state index contributed by atoms with van der Waals surface area (Å²) in [4.78, 5) is 0. The third-order valence-corrected chi connectivity index (χ3v) is 2.43. The second kappa shape index (κ2) is 2.89. The average Bonchev–Trinajstić information content (AvgIpc) is 1.60. The van der Waals surface area contributed by atoms with Crippen LogP contribution in [-0.2, 0) is 0 Å². The summed E-state index contributed by atoms with van der Waals surface area (Å²) >= 11 is 0. The van der Waals surface area contributed by atoms with Gasteiger partial charge in [-0.1, -0.05) is 13.8 Å². The molecule has 0 amide bonds. The zero-order valence-electron chi connectivity index (χ0n) is 6.18. The number of halogens is 1. The van der Waals surface area contributed by atoms with Crippen molar-refractivity contribution in [1.82, 2.24) is 0 Å². The summed E-state index contributed by atoms with van der Waals surface area (Å²) in [7, 11) is 0. The zero-order valence-corrected chi connectivity index (χ0v) is 7.00. The fourth-order valence-corrected chi connectivity index (χ4v) is 1.16. The number of rotatable bonds is 1. The Labute approximate surface area is 63.4 Å². The first kappa shape index (κ1) is 9.25. The van der Waals surface area contributed by atoms with E-state index in [1.807, 2.05) is 0 Å². The standard InChI is InChI=1S/C7H15N.ClH/c1-6(2)7(8)4-3-5-7;/h6H,3-5,8H2,1-2H3;1H. The first-order valence-electron chi connectivity index (χ1n) is 3.44. The lowest BCUT2D eigenvalue weighted by Gasteiger charge is -2.41. The second-order valence-electron chi connectivity index (χ2n) is 3.24. The van der Waals surface area contributed by atoms with Crippen LogP contribution in [-0.4, -0.2) is 5.54 Å². The Balaban J connectivity index is 0.000000640. The molecule has 0 bridgehead atoms. The molecule has 0 aromatic heterocycles. The summed E-state index contributed by atoms with van der Waals surface area (Å²) in [6, 6.07) is 0. The van der Waals surface area contributed by atoms with E-state index < -0.39 is 0 Å². The lowest BCUT2D eigenvalue weighted by atomic mass is 9.70. The third-order valence-electron chi connectivity index (χ3n) is 2.43. The van der Waals surface area contributed by atoms with Crippen LogP contribution in [0.15, 0.2) is 0 Å². The maximum Gasteiger partial charge on any atom is 0.0177 e. The van der Waals surface area contributed by atoms with Gasteiger partial charge in [-0.2, -0.15) is 0 Å². The van der Waals surface area contributed by atoms with Crippen molar-refractivity contribution in [2.75, 3.05) is 0 Å². The molecule has 56 valence electrons. The van der Waals surface area contributed by atoms with Gasteiger partial charge < -0.3 is 5.73 Å². The van der Waals surface area contributed by atoms with Crippen LogP contribution in [0.3, 0.4) is 0 Å². The van der Waals surface area contributed by atoms with Crippen LogP contribution in [0.5, 0.6) is 0 Å². The molecule has 0 spiro atoms. The van der Waals surface area contributed by atoms with E-state index in [9.17, 15) is 0 Å². The SMILES string of the molecule is CC(C)C1(N)CCC1.Cl. The molecule has 0 aromatic rings. The lowest BCUT2D eigenvalue weighted by molar-refractivity contribution is 0.177. The van der Waals surface area contributed by atoms with Gasteiger partial charge in [0, 0.05) is 5.54 Å². The predicted octanol–water partition coefficient (Wildman–Crippen LogP) is 1.95. The number of hydrogen-bond donors (Lipinski definition) is 1. The molecular formula is C7H16ClN. The largest absolute Gasteiger partial charge is 0.325 e. The quantitative estimate of drug-likeness (QED) is 0.606. The van der Waals surface area contributed by atoms with Gasteiger partial charge >= 0.3 is 0 Å². The molecule has 1 aliphatic carbocycles. The molecule has 2 heteroatoms. The summed E-state index contributed by atoms with van der Waals surface area (Å²) < 4.78 is 0. The Morgan fingerprint density at radius 1 is 1.33 bits per heavy atom. The Morgan fingerprint density at radius 2 is 1.78 bits per heavy atom. The van der Waals surface area contributed by atoms with Gasteiger partial charge in [0.05, 0.1) is 0 Å². The Hall–Kier alpha value is 0.250. The van der Waals surface area contributed by atoms with E-state index in [0.717, 1.165) is 0 Å². The molecular weight excluding hydrogens is 134 g/mol. The second-order valence-corrected chi connectivity index (χ2v) is 3.24. The van der Waals surface area contributed by atoms with E-state index in [0.29, 0.717) is 5.92 Å². The fourth-order valence-electron chi connectivity index (χ4n) is 1.16. The van der Waals surface area contributed by atoms with Crippen LogP contribution in [0.1, 0.15) is 33.1 Å². The van der Waals surface area contributed by atoms with Crippen molar-refractivity contribution >= 4 is 12.4 Å². The van der Waals surface area contributed by atoms with Crippen LogP contribution in [0.25, 0.3) is 0 Å².